The van der Waals surface area contributed by atoms with Gasteiger partial charge in [-0.05, 0) is 32.5 Å². The molecule has 1 heterocycles. The number of hydrogen-bond acceptors (Lipinski definition) is 4. The zero-order valence-electron chi connectivity index (χ0n) is 10.2. The lowest BCUT2D eigenvalue weighted by molar-refractivity contribution is 0.0961. The lowest BCUT2D eigenvalue weighted by atomic mass is 10.1. The second-order valence-electron chi connectivity index (χ2n) is 4.09. The van der Waals surface area contributed by atoms with E-state index in [-0.39, 0.29) is 0 Å². The summed E-state index contributed by atoms with van der Waals surface area (Å²) in [6, 6.07) is 2.41. The van der Waals surface area contributed by atoms with Crippen LogP contribution in [0.15, 0.2) is 23.0 Å². The summed E-state index contributed by atoms with van der Waals surface area (Å²) < 4.78 is 10.3. The van der Waals surface area contributed by atoms with Gasteiger partial charge in [0.05, 0.1) is 19.1 Å². The third-order valence-electron chi connectivity index (χ3n) is 2.74. The van der Waals surface area contributed by atoms with Crippen molar-refractivity contribution in [2.75, 3.05) is 27.3 Å². The molecule has 0 aliphatic rings. The molecular formula is C12H22N2O2. The monoisotopic (exact) mass is 226 g/mol. The van der Waals surface area contributed by atoms with Crippen molar-refractivity contribution >= 4 is 0 Å². The highest BCUT2D eigenvalue weighted by Crippen LogP contribution is 2.11. The van der Waals surface area contributed by atoms with Gasteiger partial charge in [-0.2, -0.15) is 0 Å². The Morgan fingerprint density at radius 1 is 1.56 bits per heavy atom. The first-order valence-corrected chi connectivity index (χ1v) is 5.68. The van der Waals surface area contributed by atoms with Crippen LogP contribution in [0.1, 0.15) is 18.4 Å². The Morgan fingerprint density at radius 3 is 2.94 bits per heavy atom. The van der Waals surface area contributed by atoms with Gasteiger partial charge in [0, 0.05) is 25.3 Å². The van der Waals surface area contributed by atoms with E-state index >= 15 is 0 Å². The molecule has 0 saturated carbocycles. The zero-order chi connectivity index (χ0) is 11.8. The van der Waals surface area contributed by atoms with Crippen molar-refractivity contribution in [1.29, 1.82) is 0 Å². The molecule has 1 aromatic heterocycles. The predicted octanol–water partition coefficient (Wildman–Crippen LogP) is 1.47. The minimum atomic E-state index is 0.420. The molecule has 1 atom stereocenters. The topological polar surface area (TPSA) is 51.6 Å². The normalized spacial score (nSPS) is 13.2. The van der Waals surface area contributed by atoms with Crippen molar-refractivity contribution in [1.82, 2.24) is 4.90 Å². The van der Waals surface area contributed by atoms with Crippen LogP contribution in [0.25, 0.3) is 0 Å². The van der Waals surface area contributed by atoms with Gasteiger partial charge in [-0.1, -0.05) is 0 Å². The zero-order valence-corrected chi connectivity index (χ0v) is 10.2. The van der Waals surface area contributed by atoms with Gasteiger partial charge >= 0.3 is 0 Å². The van der Waals surface area contributed by atoms with E-state index < -0.39 is 0 Å². The summed E-state index contributed by atoms with van der Waals surface area (Å²) in [6.45, 7) is 2.36. The number of nitrogens with two attached hydrogens (primary N) is 1. The van der Waals surface area contributed by atoms with Gasteiger partial charge in [0.2, 0.25) is 0 Å². The van der Waals surface area contributed by atoms with Crippen LogP contribution in [0.3, 0.4) is 0 Å². The maximum atomic E-state index is 5.53. The minimum Gasteiger partial charge on any atom is -0.472 e. The Morgan fingerprint density at radius 2 is 2.38 bits per heavy atom. The molecule has 0 aliphatic carbocycles. The van der Waals surface area contributed by atoms with Gasteiger partial charge in [0.25, 0.3) is 0 Å². The van der Waals surface area contributed by atoms with Crippen LogP contribution in [0.5, 0.6) is 0 Å². The van der Waals surface area contributed by atoms with E-state index in [4.69, 9.17) is 14.9 Å². The summed E-state index contributed by atoms with van der Waals surface area (Å²) in [4.78, 5) is 2.28. The summed E-state index contributed by atoms with van der Waals surface area (Å²) >= 11 is 0. The Bertz CT molecular complexity index is 262. The number of likely N-dealkylation sites (N-methyl/N-ethyl adjacent to an activating group) is 1. The molecule has 0 aliphatic heterocycles. The fourth-order valence-electron chi connectivity index (χ4n) is 1.78. The van der Waals surface area contributed by atoms with Gasteiger partial charge < -0.3 is 14.9 Å². The summed E-state index contributed by atoms with van der Waals surface area (Å²) in [5.41, 5.74) is 6.73. The molecule has 4 nitrogen and oxygen atoms in total. The van der Waals surface area contributed by atoms with E-state index in [9.17, 15) is 0 Å². The average molecular weight is 226 g/mol. The second-order valence-corrected chi connectivity index (χ2v) is 4.09. The molecular weight excluding hydrogens is 204 g/mol. The highest BCUT2D eigenvalue weighted by atomic mass is 16.5. The van der Waals surface area contributed by atoms with Crippen molar-refractivity contribution in [3.05, 3.63) is 24.2 Å². The third kappa shape index (κ3) is 4.35. The number of methoxy groups -OCH3 is 1. The number of nitrogens with zero attached hydrogens (tertiary/aromatic N) is 1. The molecule has 92 valence electrons. The van der Waals surface area contributed by atoms with Gasteiger partial charge in [-0.25, -0.2) is 0 Å². The SMILES string of the molecule is COCC(CCCN)N(C)Cc1ccoc1. The van der Waals surface area contributed by atoms with Crippen molar-refractivity contribution in [3.8, 4) is 0 Å². The molecule has 0 fully saturated rings. The second kappa shape index (κ2) is 7.44. The average Bonchev–Trinajstić information content (AvgIpc) is 2.76. The molecule has 1 aromatic rings. The highest BCUT2D eigenvalue weighted by molar-refractivity contribution is 5.04. The first-order valence-electron chi connectivity index (χ1n) is 5.68. The van der Waals surface area contributed by atoms with Crippen LogP contribution in [0.2, 0.25) is 0 Å². The Kier molecular flexibility index (Phi) is 6.15. The van der Waals surface area contributed by atoms with E-state index in [1.807, 2.05) is 6.07 Å². The summed E-state index contributed by atoms with van der Waals surface area (Å²) in [5.74, 6) is 0. The lowest BCUT2D eigenvalue weighted by Gasteiger charge is -2.27. The molecule has 0 radical (unpaired) electrons. The Balaban J connectivity index is 2.42. The predicted molar refractivity (Wildman–Crippen MR) is 64.1 cm³/mol. The molecule has 0 bridgehead atoms. The van der Waals surface area contributed by atoms with E-state index in [1.54, 1.807) is 19.6 Å². The Hall–Kier alpha value is -0.840. The number of hydrogen-bond donors (Lipinski definition) is 1. The maximum Gasteiger partial charge on any atom is 0.0947 e. The van der Waals surface area contributed by atoms with Gasteiger partial charge in [0.1, 0.15) is 0 Å². The summed E-state index contributed by atoms with van der Waals surface area (Å²) in [5, 5.41) is 0. The molecule has 0 saturated heterocycles. The van der Waals surface area contributed by atoms with Crippen LogP contribution in [0, 0.1) is 0 Å². The summed E-state index contributed by atoms with van der Waals surface area (Å²) in [6.07, 6.45) is 5.58. The molecule has 1 rings (SSSR count). The highest BCUT2D eigenvalue weighted by Gasteiger charge is 2.14. The van der Waals surface area contributed by atoms with Gasteiger partial charge in [-0.3, -0.25) is 4.90 Å². The fraction of sp³-hybridized carbons (Fsp3) is 0.667. The lowest BCUT2D eigenvalue weighted by Crippen LogP contribution is -2.35. The molecule has 0 amide bonds. The van der Waals surface area contributed by atoms with E-state index in [0.29, 0.717) is 6.04 Å². The van der Waals surface area contributed by atoms with Crippen LogP contribution in [-0.4, -0.2) is 38.3 Å². The van der Waals surface area contributed by atoms with E-state index in [0.717, 1.165) is 32.5 Å². The number of ether oxygens (including phenoxy) is 1. The van der Waals surface area contributed by atoms with Crippen LogP contribution in [-0.2, 0) is 11.3 Å². The maximum absolute atomic E-state index is 5.53. The van der Waals surface area contributed by atoms with Crippen molar-refractivity contribution in [2.45, 2.75) is 25.4 Å². The summed E-state index contributed by atoms with van der Waals surface area (Å²) in [7, 11) is 3.84. The molecule has 2 N–H and O–H groups in total. The van der Waals surface area contributed by atoms with Crippen molar-refractivity contribution < 1.29 is 9.15 Å². The molecule has 0 spiro atoms. The largest absolute Gasteiger partial charge is 0.472 e. The first kappa shape index (κ1) is 13.2. The molecule has 4 heteroatoms. The van der Waals surface area contributed by atoms with Gasteiger partial charge in [0.15, 0.2) is 0 Å². The molecule has 1 unspecified atom stereocenters. The first-order chi connectivity index (χ1) is 7.77. The molecule has 16 heavy (non-hydrogen) atoms. The molecule has 0 aromatic carbocycles. The third-order valence-corrected chi connectivity index (χ3v) is 2.74. The van der Waals surface area contributed by atoms with Crippen LogP contribution in [0.4, 0.5) is 0 Å². The standard InChI is InChI=1S/C12H22N2O2/c1-14(8-11-5-7-16-9-11)12(10-15-2)4-3-6-13/h5,7,9,12H,3-4,6,8,10,13H2,1-2H3. The van der Waals surface area contributed by atoms with Crippen molar-refractivity contribution in [3.63, 3.8) is 0 Å². The number of furan rings is 1. The van der Waals surface area contributed by atoms with E-state index in [2.05, 4.69) is 11.9 Å². The smallest absolute Gasteiger partial charge is 0.0947 e. The van der Waals surface area contributed by atoms with E-state index in [1.165, 1.54) is 5.56 Å². The minimum absolute atomic E-state index is 0.420. The van der Waals surface area contributed by atoms with Crippen LogP contribution >= 0.6 is 0 Å². The Labute approximate surface area is 97.4 Å². The fourth-order valence-corrected chi connectivity index (χ4v) is 1.78. The van der Waals surface area contributed by atoms with Gasteiger partial charge in [-0.15, -0.1) is 0 Å². The number of rotatable bonds is 8. The quantitative estimate of drug-likeness (QED) is 0.729. The van der Waals surface area contributed by atoms with Crippen molar-refractivity contribution in [2.24, 2.45) is 5.73 Å². The van der Waals surface area contributed by atoms with Crippen LogP contribution < -0.4 is 5.73 Å².